The molecule has 28 heavy (non-hydrogen) atoms. The van der Waals surface area contributed by atoms with Gasteiger partial charge in [-0.3, -0.25) is 14.4 Å². The number of nitrogens with one attached hydrogen (secondary N) is 3. The standard InChI is InChI=1S/C21H24N4O3/c1-13-8-9-14(10-17(13)23-20(27)12-25(2)3)22-19(26)11-18-15-6-4-5-7-16(15)21(28)24-18/h4-10,18H,11-12H2,1-3H3,(H,22,26)(H,23,27)(H,24,28). The maximum Gasteiger partial charge on any atom is 0.252 e. The number of amides is 3. The van der Waals surface area contributed by atoms with E-state index in [1.807, 2.05) is 39.2 Å². The van der Waals surface area contributed by atoms with Crippen LogP contribution in [0.4, 0.5) is 11.4 Å². The molecule has 0 saturated heterocycles. The van der Waals surface area contributed by atoms with Gasteiger partial charge in [0.05, 0.1) is 19.0 Å². The lowest BCUT2D eigenvalue weighted by Gasteiger charge is -2.15. The summed E-state index contributed by atoms with van der Waals surface area (Å²) in [6, 6.07) is 12.3. The van der Waals surface area contributed by atoms with E-state index in [1.54, 1.807) is 29.2 Å². The van der Waals surface area contributed by atoms with Crippen LogP contribution >= 0.6 is 0 Å². The summed E-state index contributed by atoms with van der Waals surface area (Å²) < 4.78 is 0. The summed E-state index contributed by atoms with van der Waals surface area (Å²) in [5.41, 5.74) is 3.60. The molecule has 0 saturated carbocycles. The summed E-state index contributed by atoms with van der Waals surface area (Å²) in [5.74, 6) is -0.493. The lowest BCUT2D eigenvalue weighted by molar-refractivity contribution is -0.117. The molecule has 0 aromatic heterocycles. The van der Waals surface area contributed by atoms with Gasteiger partial charge >= 0.3 is 0 Å². The Kier molecular flexibility index (Phi) is 5.75. The van der Waals surface area contributed by atoms with Gasteiger partial charge in [-0.2, -0.15) is 0 Å². The van der Waals surface area contributed by atoms with E-state index < -0.39 is 0 Å². The van der Waals surface area contributed by atoms with Crippen LogP contribution in [0.1, 0.15) is 33.9 Å². The first-order valence-corrected chi connectivity index (χ1v) is 9.08. The molecule has 0 radical (unpaired) electrons. The molecule has 0 aliphatic carbocycles. The third kappa shape index (κ3) is 4.55. The second-order valence-electron chi connectivity index (χ2n) is 7.18. The van der Waals surface area contributed by atoms with Crippen LogP contribution in [0.3, 0.4) is 0 Å². The third-order valence-electron chi connectivity index (χ3n) is 4.53. The third-order valence-corrected chi connectivity index (χ3v) is 4.53. The van der Waals surface area contributed by atoms with E-state index in [0.29, 0.717) is 16.9 Å². The Bertz CT molecular complexity index is 924. The molecule has 146 valence electrons. The van der Waals surface area contributed by atoms with Crippen LogP contribution in [0.2, 0.25) is 0 Å². The fourth-order valence-electron chi connectivity index (χ4n) is 3.19. The number of nitrogens with zero attached hydrogens (tertiary/aromatic N) is 1. The SMILES string of the molecule is Cc1ccc(NC(=O)CC2NC(=O)c3ccccc32)cc1NC(=O)CN(C)C. The van der Waals surface area contributed by atoms with Crippen molar-refractivity contribution < 1.29 is 14.4 Å². The molecular weight excluding hydrogens is 356 g/mol. The monoisotopic (exact) mass is 380 g/mol. The number of carbonyl (C=O) groups is 3. The van der Waals surface area contributed by atoms with Crippen molar-refractivity contribution in [2.45, 2.75) is 19.4 Å². The van der Waals surface area contributed by atoms with Crippen LogP contribution < -0.4 is 16.0 Å². The second kappa shape index (κ2) is 8.22. The number of anilines is 2. The van der Waals surface area contributed by atoms with Gasteiger partial charge in [-0.15, -0.1) is 0 Å². The summed E-state index contributed by atoms with van der Waals surface area (Å²) in [5, 5.41) is 8.54. The number of hydrogen-bond donors (Lipinski definition) is 3. The number of aryl methyl sites for hydroxylation is 1. The zero-order chi connectivity index (χ0) is 20.3. The minimum Gasteiger partial charge on any atom is -0.345 e. The molecule has 3 N–H and O–H groups in total. The number of benzene rings is 2. The van der Waals surface area contributed by atoms with Crippen molar-refractivity contribution in [1.29, 1.82) is 0 Å². The van der Waals surface area contributed by atoms with Crippen molar-refractivity contribution in [3.05, 3.63) is 59.2 Å². The van der Waals surface area contributed by atoms with E-state index in [0.717, 1.165) is 11.1 Å². The lowest BCUT2D eigenvalue weighted by Crippen LogP contribution is -2.27. The van der Waals surface area contributed by atoms with Crippen LogP contribution in [0, 0.1) is 6.92 Å². The minimum absolute atomic E-state index is 0.123. The van der Waals surface area contributed by atoms with E-state index in [1.165, 1.54) is 0 Å². The number of likely N-dealkylation sites (N-methyl/N-ethyl adjacent to an activating group) is 1. The van der Waals surface area contributed by atoms with Crippen LogP contribution in [0.25, 0.3) is 0 Å². The Labute approximate surface area is 164 Å². The van der Waals surface area contributed by atoms with Crippen molar-refractivity contribution in [2.75, 3.05) is 31.3 Å². The van der Waals surface area contributed by atoms with Crippen molar-refractivity contribution in [1.82, 2.24) is 10.2 Å². The minimum atomic E-state index is -0.339. The first-order valence-electron chi connectivity index (χ1n) is 9.08. The van der Waals surface area contributed by atoms with E-state index in [9.17, 15) is 14.4 Å². The number of hydrogen-bond acceptors (Lipinski definition) is 4. The molecule has 0 fully saturated rings. The van der Waals surface area contributed by atoms with Gasteiger partial charge in [-0.1, -0.05) is 24.3 Å². The summed E-state index contributed by atoms with van der Waals surface area (Å²) in [6.07, 6.45) is 0.138. The highest BCUT2D eigenvalue weighted by molar-refractivity contribution is 6.01. The normalized spacial score (nSPS) is 15.1. The molecule has 2 aromatic carbocycles. The van der Waals surface area contributed by atoms with Crippen molar-refractivity contribution in [2.24, 2.45) is 0 Å². The van der Waals surface area contributed by atoms with Crippen LogP contribution in [0.15, 0.2) is 42.5 Å². The van der Waals surface area contributed by atoms with Crippen molar-refractivity contribution in [3.8, 4) is 0 Å². The Morgan fingerprint density at radius 3 is 2.57 bits per heavy atom. The van der Waals surface area contributed by atoms with Crippen molar-refractivity contribution >= 4 is 29.1 Å². The zero-order valence-corrected chi connectivity index (χ0v) is 16.2. The highest BCUT2D eigenvalue weighted by atomic mass is 16.2. The van der Waals surface area contributed by atoms with E-state index in [-0.39, 0.29) is 36.7 Å². The molecule has 1 unspecified atom stereocenters. The van der Waals surface area contributed by atoms with Gasteiger partial charge in [0.2, 0.25) is 11.8 Å². The van der Waals surface area contributed by atoms with Crippen molar-refractivity contribution in [3.63, 3.8) is 0 Å². The van der Waals surface area contributed by atoms with Gasteiger partial charge < -0.3 is 20.9 Å². The van der Waals surface area contributed by atoms with Gasteiger partial charge in [0.15, 0.2) is 0 Å². The molecule has 3 amide bonds. The fraction of sp³-hybridized carbons (Fsp3) is 0.286. The maximum atomic E-state index is 12.5. The Hall–Kier alpha value is -3.19. The van der Waals surface area contributed by atoms with Crippen LogP contribution in [-0.2, 0) is 9.59 Å². The van der Waals surface area contributed by atoms with Gasteiger partial charge in [0, 0.05) is 16.9 Å². The van der Waals surface area contributed by atoms with Gasteiger partial charge in [0.25, 0.3) is 5.91 Å². The zero-order valence-electron chi connectivity index (χ0n) is 16.2. The molecule has 0 bridgehead atoms. The average molecular weight is 380 g/mol. The largest absolute Gasteiger partial charge is 0.345 e. The first kappa shape index (κ1) is 19.6. The fourth-order valence-corrected chi connectivity index (χ4v) is 3.19. The molecule has 7 heteroatoms. The smallest absolute Gasteiger partial charge is 0.252 e. The Balaban J connectivity index is 1.65. The molecule has 0 spiro atoms. The summed E-state index contributed by atoms with van der Waals surface area (Å²) in [4.78, 5) is 38.3. The highest BCUT2D eigenvalue weighted by Gasteiger charge is 2.29. The quantitative estimate of drug-likeness (QED) is 0.717. The molecule has 1 heterocycles. The first-order chi connectivity index (χ1) is 13.3. The van der Waals surface area contributed by atoms with Gasteiger partial charge in [0.1, 0.15) is 0 Å². The molecule has 1 aliphatic rings. The van der Waals surface area contributed by atoms with E-state index in [4.69, 9.17) is 0 Å². The number of rotatable bonds is 6. The molecular formula is C21H24N4O3. The Morgan fingerprint density at radius 1 is 1.07 bits per heavy atom. The maximum absolute atomic E-state index is 12.5. The van der Waals surface area contributed by atoms with Crippen LogP contribution in [-0.4, -0.2) is 43.3 Å². The van der Waals surface area contributed by atoms with Gasteiger partial charge in [-0.25, -0.2) is 0 Å². The van der Waals surface area contributed by atoms with E-state index >= 15 is 0 Å². The second-order valence-corrected chi connectivity index (χ2v) is 7.18. The number of fused-ring (bicyclic) bond motifs is 1. The number of carbonyl (C=O) groups excluding carboxylic acids is 3. The van der Waals surface area contributed by atoms with E-state index in [2.05, 4.69) is 16.0 Å². The Morgan fingerprint density at radius 2 is 1.82 bits per heavy atom. The lowest BCUT2D eigenvalue weighted by atomic mass is 10.0. The summed E-state index contributed by atoms with van der Waals surface area (Å²) >= 11 is 0. The molecule has 7 nitrogen and oxygen atoms in total. The molecule has 2 aromatic rings. The van der Waals surface area contributed by atoms with Crippen LogP contribution in [0.5, 0.6) is 0 Å². The molecule has 1 aliphatic heterocycles. The van der Waals surface area contributed by atoms with Gasteiger partial charge in [-0.05, 0) is 50.3 Å². The highest BCUT2D eigenvalue weighted by Crippen LogP contribution is 2.28. The predicted octanol–water partition coefficient (Wildman–Crippen LogP) is 2.31. The molecule has 3 rings (SSSR count). The summed E-state index contributed by atoms with van der Waals surface area (Å²) in [7, 11) is 3.64. The average Bonchev–Trinajstić information content (AvgIpc) is 2.93. The molecule has 1 atom stereocenters. The topological polar surface area (TPSA) is 90.5 Å². The predicted molar refractivity (Wildman–Crippen MR) is 108 cm³/mol. The summed E-state index contributed by atoms with van der Waals surface area (Å²) in [6.45, 7) is 2.17.